The number of anilines is 1. The first-order valence-electron chi connectivity index (χ1n) is 10.6. The lowest BCUT2D eigenvalue weighted by Crippen LogP contribution is -2.29. The largest absolute Gasteiger partial charge is 0.330 e. The average molecular weight is 418 g/mol. The van der Waals surface area contributed by atoms with Crippen molar-refractivity contribution in [2.75, 3.05) is 5.32 Å². The minimum absolute atomic E-state index is 0.0322. The summed E-state index contributed by atoms with van der Waals surface area (Å²) in [6.45, 7) is 7.37. The third kappa shape index (κ3) is 4.17. The van der Waals surface area contributed by atoms with Crippen molar-refractivity contribution >= 4 is 22.6 Å². The molecule has 1 amide bonds. The molecule has 0 radical (unpaired) electrons. The lowest BCUT2D eigenvalue weighted by Gasteiger charge is -2.12. The van der Waals surface area contributed by atoms with E-state index in [2.05, 4.69) is 28.7 Å². The Bertz CT molecular complexity index is 1280. The fourth-order valence-corrected chi connectivity index (χ4v) is 3.97. The number of aryl methyl sites for hydroxylation is 1. The molecule has 1 N–H and O–H groups in total. The van der Waals surface area contributed by atoms with E-state index in [0.29, 0.717) is 24.7 Å². The van der Waals surface area contributed by atoms with E-state index in [0.717, 1.165) is 22.4 Å². The Labute approximate surface area is 181 Å². The van der Waals surface area contributed by atoms with Crippen LogP contribution in [-0.4, -0.2) is 24.6 Å². The van der Waals surface area contributed by atoms with Crippen molar-refractivity contribution in [3.63, 3.8) is 0 Å². The highest BCUT2D eigenvalue weighted by molar-refractivity contribution is 5.91. The Kier molecular flexibility index (Phi) is 5.75. The molecule has 0 unspecified atom stereocenters. The Morgan fingerprint density at radius 3 is 2.52 bits per heavy atom. The van der Waals surface area contributed by atoms with Crippen LogP contribution < -0.4 is 11.0 Å². The van der Waals surface area contributed by atoms with Crippen LogP contribution in [-0.2, 0) is 24.4 Å². The zero-order valence-electron chi connectivity index (χ0n) is 18.1. The molecule has 31 heavy (non-hydrogen) atoms. The molecule has 2 aromatic carbocycles. The number of hydrogen-bond acceptors (Lipinski definition) is 3. The number of para-hydroxylation sites is 2. The van der Waals surface area contributed by atoms with Crippen molar-refractivity contribution in [3.8, 4) is 0 Å². The van der Waals surface area contributed by atoms with Crippen molar-refractivity contribution in [3.05, 3.63) is 82.8 Å². The van der Waals surface area contributed by atoms with E-state index in [1.807, 2.05) is 67.8 Å². The normalized spacial score (nSPS) is 11.4. The van der Waals surface area contributed by atoms with Gasteiger partial charge in [0.2, 0.25) is 5.91 Å². The number of hydrogen-bond donors (Lipinski definition) is 1. The number of nitrogens with zero attached hydrogens (tertiary/aromatic N) is 4. The summed E-state index contributed by atoms with van der Waals surface area (Å²) in [5.41, 5.74) is 3.21. The Hall–Kier alpha value is -3.61. The molecule has 0 spiro atoms. The van der Waals surface area contributed by atoms with Gasteiger partial charge in [0.1, 0.15) is 12.4 Å². The Balaban J connectivity index is 1.52. The van der Waals surface area contributed by atoms with Crippen molar-refractivity contribution in [2.45, 2.75) is 46.3 Å². The van der Waals surface area contributed by atoms with Gasteiger partial charge in [-0.2, -0.15) is 0 Å². The lowest BCUT2D eigenvalue weighted by atomic mass is 10.1. The smallest absolute Gasteiger partial charge is 0.329 e. The second-order valence-corrected chi connectivity index (χ2v) is 7.92. The molecule has 0 bridgehead atoms. The molecule has 0 saturated carbocycles. The molecule has 0 aliphatic rings. The van der Waals surface area contributed by atoms with Crippen molar-refractivity contribution in [2.24, 2.45) is 0 Å². The van der Waals surface area contributed by atoms with Gasteiger partial charge in [-0.25, -0.2) is 9.78 Å². The van der Waals surface area contributed by atoms with Crippen LogP contribution in [0, 0.1) is 0 Å². The maximum absolute atomic E-state index is 12.8. The molecule has 4 rings (SSSR count). The van der Waals surface area contributed by atoms with Crippen LogP contribution in [0.25, 0.3) is 11.0 Å². The third-order valence-corrected chi connectivity index (χ3v) is 5.37. The first-order valence-corrected chi connectivity index (χ1v) is 10.6. The third-order valence-electron chi connectivity index (χ3n) is 5.37. The standard InChI is InChI=1S/C24H27N5O2/c1-4-28-20-10-5-6-11-21(20)29(24(28)31)16-22(30)26-19-9-7-8-18(14-19)15-27-13-12-25-23(27)17(2)3/h5-14,17H,4,15-16H2,1-3H3,(H,26,30). The fraction of sp³-hybridized carbons (Fsp3) is 0.292. The summed E-state index contributed by atoms with van der Waals surface area (Å²) in [4.78, 5) is 29.9. The van der Waals surface area contributed by atoms with Crippen LogP contribution in [0.5, 0.6) is 0 Å². The van der Waals surface area contributed by atoms with Crippen molar-refractivity contribution in [1.82, 2.24) is 18.7 Å². The molecule has 160 valence electrons. The predicted molar refractivity (Wildman–Crippen MR) is 122 cm³/mol. The molecular formula is C24H27N5O2. The minimum Gasteiger partial charge on any atom is -0.330 e. The number of rotatable bonds is 7. The molecule has 7 heteroatoms. The highest BCUT2D eigenvalue weighted by Gasteiger charge is 2.15. The maximum Gasteiger partial charge on any atom is 0.329 e. The molecule has 4 aromatic rings. The van der Waals surface area contributed by atoms with Crippen molar-refractivity contribution < 1.29 is 4.79 Å². The Morgan fingerprint density at radius 1 is 1.06 bits per heavy atom. The molecule has 2 aromatic heterocycles. The molecular weight excluding hydrogens is 390 g/mol. The summed E-state index contributed by atoms with van der Waals surface area (Å²) in [5, 5.41) is 2.93. The topological polar surface area (TPSA) is 73.8 Å². The average Bonchev–Trinajstić information content (AvgIpc) is 3.31. The van der Waals surface area contributed by atoms with Crippen LogP contribution >= 0.6 is 0 Å². The van der Waals surface area contributed by atoms with E-state index < -0.39 is 0 Å². The number of amides is 1. The zero-order valence-corrected chi connectivity index (χ0v) is 18.1. The summed E-state index contributed by atoms with van der Waals surface area (Å²) in [6, 6.07) is 15.3. The van der Waals surface area contributed by atoms with Gasteiger partial charge in [0.25, 0.3) is 0 Å². The molecule has 0 fully saturated rings. The molecule has 0 aliphatic carbocycles. The van der Waals surface area contributed by atoms with Gasteiger partial charge in [-0.15, -0.1) is 0 Å². The van der Waals surface area contributed by atoms with Gasteiger partial charge in [0.15, 0.2) is 0 Å². The summed E-state index contributed by atoms with van der Waals surface area (Å²) in [7, 11) is 0. The van der Waals surface area contributed by atoms with Crippen molar-refractivity contribution in [1.29, 1.82) is 0 Å². The highest BCUT2D eigenvalue weighted by atomic mass is 16.2. The van der Waals surface area contributed by atoms with Gasteiger partial charge in [-0.3, -0.25) is 13.9 Å². The number of benzene rings is 2. The van der Waals surface area contributed by atoms with Gasteiger partial charge in [0.05, 0.1) is 11.0 Å². The fourth-order valence-electron chi connectivity index (χ4n) is 3.97. The summed E-state index contributed by atoms with van der Waals surface area (Å²) >= 11 is 0. The highest BCUT2D eigenvalue weighted by Crippen LogP contribution is 2.17. The minimum atomic E-state index is -0.233. The van der Waals surface area contributed by atoms with Gasteiger partial charge in [-0.1, -0.05) is 38.1 Å². The molecule has 0 atom stereocenters. The van der Waals surface area contributed by atoms with Crippen LogP contribution in [0.2, 0.25) is 0 Å². The number of carbonyl (C=O) groups excluding carboxylic acids is 1. The first kappa shape index (κ1) is 20.7. The number of aromatic nitrogens is 4. The van der Waals surface area contributed by atoms with Crippen LogP contribution in [0.3, 0.4) is 0 Å². The summed E-state index contributed by atoms with van der Waals surface area (Å²) in [5.74, 6) is 1.13. The van der Waals surface area contributed by atoms with Crippen LogP contribution in [0.4, 0.5) is 5.69 Å². The van der Waals surface area contributed by atoms with Crippen LogP contribution in [0.1, 0.15) is 38.1 Å². The summed E-state index contributed by atoms with van der Waals surface area (Å²) < 4.78 is 5.32. The van der Waals surface area contributed by atoms with E-state index >= 15 is 0 Å². The summed E-state index contributed by atoms with van der Waals surface area (Å²) in [6.07, 6.45) is 3.78. The maximum atomic E-state index is 12.8. The van der Waals surface area contributed by atoms with E-state index in [1.54, 1.807) is 4.57 Å². The molecule has 7 nitrogen and oxygen atoms in total. The van der Waals surface area contributed by atoms with Gasteiger partial charge < -0.3 is 9.88 Å². The number of fused-ring (bicyclic) bond motifs is 1. The van der Waals surface area contributed by atoms with Gasteiger partial charge in [0, 0.05) is 37.1 Å². The number of nitrogens with one attached hydrogen (secondary N) is 1. The van der Waals surface area contributed by atoms with E-state index in [4.69, 9.17) is 0 Å². The first-order chi connectivity index (χ1) is 15.0. The quantitative estimate of drug-likeness (QED) is 0.497. The monoisotopic (exact) mass is 417 g/mol. The zero-order chi connectivity index (χ0) is 22.0. The molecule has 0 aliphatic heterocycles. The van der Waals surface area contributed by atoms with E-state index in [1.165, 1.54) is 4.57 Å². The van der Waals surface area contributed by atoms with Gasteiger partial charge >= 0.3 is 5.69 Å². The predicted octanol–water partition coefficient (Wildman–Crippen LogP) is 3.83. The van der Waals surface area contributed by atoms with E-state index in [9.17, 15) is 9.59 Å². The SMILES string of the molecule is CCn1c(=O)n(CC(=O)Nc2cccc(Cn3ccnc3C(C)C)c2)c2ccccc21. The van der Waals surface area contributed by atoms with Crippen LogP contribution in [0.15, 0.2) is 65.7 Å². The lowest BCUT2D eigenvalue weighted by molar-refractivity contribution is -0.116. The molecule has 2 heterocycles. The Morgan fingerprint density at radius 2 is 1.81 bits per heavy atom. The van der Waals surface area contributed by atoms with Gasteiger partial charge in [-0.05, 0) is 36.8 Å². The number of imidazole rings is 2. The molecule has 0 saturated heterocycles. The second kappa shape index (κ2) is 8.63. The van der Waals surface area contributed by atoms with E-state index in [-0.39, 0.29) is 18.1 Å². The second-order valence-electron chi connectivity index (χ2n) is 7.92. The number of carbonyl (C=O) groups is 1.